The Hall–Kier alpha value is -2.99. The number of aryl methyl sites for hydroxylation is 1. The van der Waals surface area contributed by atoms with Crippen LogP contribution < -0.4 is 5.56 Å². The Morgan fingerprint density at radius 3 is 2.38 bits per heavy atom. The first kappa shape index (κ1) is 15.9. The molecular weight excluding hydrogens is 328 g/mol. The number of nitrogens with zero attached hydrogens (tertiary/aromatic N) is 4. The summed E-state index contributed by atoms with van der Waals surface area (Å²) in [6.45, 7) is 0. The second-order valence-electron chi connectivity index (χ2n) is 5.02. The minimum Gasteiger partial charge on any atom is -0.504 e. The lowest BCUT2D eigenvalue weighted by atomic mass is 10.1. The summed E-state index contributed by atoms with van der Waals surface area (Å²) in [6, 6.07) is 15.7. The molecule has 3 rings (SSSR count). The third kappa shape index (κ3) is 3.18. The van der Waals surface area contributed by atoms with Crippen molar-refractivity contribution in [1.29, 1.82) is 0 Å². The zero-order valence-electron chi connectivity index (χ0n) is 12.7. The van der Waals surface area contributed by atoms with E-state index in [0.717, 1.165) is 4.68 Å². The Balaban J connectivity index is 2.09. The van der Waals surface area contributed by atoms with Gasteiger partial charge in [-0.3, -0.25) is 4.79 Å². The maximum Gasteiger partial charge on any atom is 0.298 e. The van der Waals surface area contributed by atoms with Crippen molar-refractivity contribution in [3.63, 3.8) is 0 Å². The molecule has 0 saturated heterocycles. The first-order valence-electron chi connectivity index (χ1n) is 7.09. The molecule has 0 aliphatic heterocycles. The summed E-state index contributed by atoms with van der Waals surface area (Å²) < 4.78 is 1.12. The predicted molar refractivity (Wildman–Crippen MR) is 92.2 cm³/mol. The average molecular weight is 341 g/mol. The summed E-state index contributed by atoms with van der Waals surface area (Å²) in [6.07, 6.45) is 0. The zero-order chi connectivity index (χ0) is 17.1. The fourth-order valence-corrected chi connectivity index (χ4v) is 2.23. The van der Waals surface area contributed by atoms with E-state index in [-0.39, 0.29) is 17.1 Å². The van der Waals surface area contributed by atoms with Crippen molar-refractivity contribution in [2.45, 2.75) is 0 Å². The van der Waals surface area contributed by atoms with Crippen LogP contribution in [0.1, 0.15) is 0 Å². The maximum atomic E-state index is 12.2. The molecule has 1 N–H and O–H groups in total. The van der Waals surface area contributed by atoms with Gasteiger partial charge in [-0.15, -0.1) is 5.11 Å². The van der Waals surface area contributed by atoms with E-state index >= 15 is 0 Å². The fraction of sp³-hybridized carbons (Fsp3) is 0.0588. The zero-order valence-corrected chi connectivity index (χ0v) is 13.5. The van der Waals surface area contributed by atoms with E-state index in [1.54, 1.807) is 36.4 Å². The molecule has 0 aliphatic rings. The predicted octanol–water partition coefficient (Wildman–Crippen LogP) is 4.22. The van der Waals surface area contributed by atoms with Crippen LogP contribution in [0.3, 0.4) is 0 Å². The van der Waals surface area contributed by atoms with E-state index < -0.39 is 5.56 Å². The Labute approximate surface area is 142 Å². The van der Waals surface area contributed by atoms with Crippen molar-refractivity contribution in [2.75, 3.05) is 0 Å². The van der Waals surface area contributed by atoms with Crippen molar-refractivity contribution in [3.8, 4) is 17.0 Å². The summed E-state index contributed by atoms with van der Waals surface area (Å²) in [5, 5.41) is 23.0. The Morgan fingerprint density at radius 1 is 1.04 bits per heavy atom. The number of benzene rings is 2. The first-order valence-corrected chi connectivity index (χ1v) is 7.47. The van der Waals surface area contributed by atoms with Gasteiger partial charge in [-0.2, -0.15) is 10.2 Å². The molecular formula is C17H13ClN4O2. The van der Waals surface area contributed by atoms with Gasteiger partial charge in [0.1, 0.15) is 5.69 Å². The van der Waals surface area contributed by atoms with Crippen LogP contribution in [-0.2, 0) is 7.05 Å². The Kier molecular flexibility index (Phi) is 4.39. The molecule has 0 radical (unpaired) electrons. The molecule has 0 amide bonds. The van der Waals surface area contributed by atoms with Gasteiger partial charge in [0.05, 0.1) is 5.69 Å². The van der Waals surface area contributed by atoms with E-state index in [2.05, 4.69) is 15.3 Å². The highest BCUT2D eigenvalue weighted by molar-refractivity contribution is 6.30. The van der Waals surface area contributed by atoms with Gasteiger partial charge < -0.3 is 5.11 Å². The summed E-state index contributed by atoms with van der Waals surface area (Å²) in [4.78, 5) is 12.2. The molecule has 7 heteroatoms. The molecule has 1 heterocycles. The van der Waals surface area contributed by atoms with Crippen LogP contribution in [0.15, 0.2) is 69.6 Å². The van der Waals surface area contributed by atoms with Gasteiger partial charge in [-0.05, 0) is 24.3 Å². The third-order valence-corrected chi connectivity index (χ3v) is 3.59. The summed E-state index contributed by atoms with van der Waals surface area (Å²) in [5.41, 5.74) is 0.751. The highest BCUT2D eigenvalue weighted by atomic mass is 35.5. The number of rotatable bonds is 3. The minimum absolute atomic E-state index is 0.165. The van der Waals surface area contributed by atoms with Crippen LogP contribution in [0.4, 0.5) is 11.4 Å². The molecule has 0 aliphatic carbocycles. The molecule has 0 fully saturated rings. The molecule has 6 nitrogen and oxygen atoms in total. The first-order chi connectivity index (χ1) is 11.6. The van der Waals surface area contributed by atoms with Gasteiger partial charge in [0.15, 0.2) is 11.4 Å². The average Bonchev–Trinajstić information content (AvgIpc) is 2.60. The van der Waals surface area contributed by atoms with Crippen molar-refractivity contribution >= 4 is 23.0 Å². The second-order valence-corrected chi connectivity index (χ2v) is 5.45. The molecule has 0 saturated carbocycles. The molecule has 3 aromatic rings. The molecule has 120 valence electrons. The van der Waals surface area contributed by atoms with E-state index in [1.807, 2.05) is 18.2 Å². The van der Waals surface area contributed by atoms with Crippen LogP contribution in [0.2, 0.25) is 5.02 Å². The number of aromatic hydroxyl groups is 1. The summed E-state index contributed by atoms with van der Waals surface area (Å²) >= 11 is 5.81. The largest absolute Gasteiger partial charge is 0.504 e. The molecule has 24 heavy (non-hydrogen) atoms. The van der Waals surface area contributed by atoms with Crippen LogP contribution in [-0.4, -0.2) is 14.9 Å². The van der Waals surface area contributed by atoms with E-state index in [0.29, 0.717) is 16.3 Å². The minimum atomic E-state index is -0.537. The lowest BCUT2D eigenvalue weighted by Crippen LogP contribution is -2.19. The topological polar surface area (TPSA) is 79.8 Å². The van der Waals surface area contributed by atoms with Crippen molar-refractivity contribution in [3.05, 3.63) is 70.0 Å². The van der Waals surface area contributed by atoms with Crippen molar-refractivity contribution in [2.24, 2.45) is 17.3 Å². The molecule has 0 unspecified atom stereocenters. The van der Waals surface area contributed by atoms with Crippen LogP contribution >= 0.6 is 11.6 Å². The highest BCUT2D eigenvalue weighted by Gasteiger charge is 2.16. The summed E-state index contributed by atoms with van der Waals surface area (Å²) in [5.74, 6) is -0.304. The molecule has 0 atom stereocenters. The molecule has 0 bridgehead atoms. The quantitative estimate of drug-likeness (QED) is 0.725. The smallest absolute Gasteiger partial charge is 0.298 e. The van der Waals surface area contributed by atoms with Crippen LogP contribution in [0.25, 0.3) is 11.3 Å². The lowest BCUT2D eigenvalue weighted by molar-refractivity contribution is 0.469. The summed E-state index contributed by atoms with van der Waals surface area (Å²) in [7, 11) is 1.50. The standard InChI is InChI=1S/C17H13ClN4O2/c1-22-17(24)15(20-19-13-9-7-12(18)8-10-13)16(23)14(21-22)11-5-3-2-4-6-11/h2-10,23H,1H3. The van der Waals surface area contributed by atoms with E-state index in [1.165, 1.54) is 7.05 Å². The number of aromatic nitrogens is 2. The van der Waals surface area contributed by atoms with Gasteiger partial charge in [0.2, 0.25) is 0 Å². The van der Waals surface area contributed by atoms with Gasteiger partial charge in [0, 0.05) is 17.6 Å². The monoisotopic (exact) mass is 340 g/mol. The molecule has 1 aromatic heterocycles. The van der Waals surface area contributed by atoms with Crippen LogP contribution in [0, 0.1) is 0 Å². The third-order valence-electron chi connectivity index (χ3n) is 3.33. The van der Waals surface area contributed by atoms with E-state index in [9.17, 15) is 9.90 Å². The SMILES string of the molecule is Cn1nc(-c2ccccc2)c(O)c(N=Nc2ccc(Cl)cc2)c1=O. The van der Waals surface area contributed by atoms with Gasteiger partial charge >= 0.3 is 0 Å². The van der Waals surface area contributed by atoms with Gasteiger partial charge in [-0.1, -0.05) is 41.9 Å². The number of hydrogen-bond acceptors (Lipinski definition) is 5. The molecule has 2 aromatic carbocycles. The number of azo groups is 1. The molecule has 0 spiro atoms. The second kappa shape index (κ2) is 6.64. The fourth-order valence-electron chi connectivity index (χ4n) is 2.11. The number of halogens is 1. The van der Waals surface area contributed by atoms with Gasteiger partial charge in [0.25, 0.3) is 5.56 Å². The van der Waals surface area contributed by atoms with Crippen LogP contribution in [0.5, 0.6) is 5.75 Å². The Bertz CT molecular complexity index is 951. The normalized spacial score (nSPS) is 11.1. The Morgan fingerprint density at radius 2 is 1.71 bits per heavy atom. The maximum absolute atomic E-state index is 12.2. The highest BCUT2D eigenvalue weighted by Crippen LogP contribution is 2.33. The lowest BCUT2D eigenvalue weighted by Gasteiger charge is -2.07. The van der Waals surface area contributed by atoms with Crippen molar-refractivity contribution < 1.29 is 5.11 Å². The van der Waals surface area contributed by atoms with E-state index in [4.69, 9.17) is 11.6 Å². The van der Waals surface area contributed by atoms with Gasteiger partial charge in [-0.25, -0.2) is 4.68 Å². The van der Waals surface area contributed by atoms with Crippen molar-refractivity contribution in [1.82, 2.24) is 9.78 Å². The number of hydrogen-bond donors (Lipinski definition) is 1.